The highest BCUT2D eigenvalue weighted by molar-refractivity contribution is 6.42. The fourth-order valence-corrected chi connectivity index (χ4v) is 2.41. The molecule has 2 aromatic rings. The molecule has 0 amide bonds. The number of aliphatic hydroxyl groups excluding tert-OH is 1. The number of ether oxygens (including phenoxy) is 1. The van der Waals surface area contributed by atoms with Crippen LogP contribution >= 0.6 is 23.2 Å². The predicted octanol–water partition coefficient (Wildman–Crippen LogP) is 3.17. The van der Waals surface area contributed by atoms with Crippen LogP contribution < -0.4 is 10.5 Å². The van der Waals surface area contributed by atoms with E-state index in [9.17, 15) is 5.11 Å². The number of pyridine rings is 1. The van der Waals surface area contributed by atoms with Crippen LogP contribution in [0.1, 0.15) is 23.3 Å². The number of nitrogens with zero attached hydrogens (tertiary/aromatic N) is 1. The minimum Gasteiger partial charge on any atom is -0.481 e. The second-order valence-corrected chi connectivity index (χ2v) is 5.38. The lowest BCUT2D eigenvalue weighted by atomic mass is 9.91. The molecule has 6 heteroatoms. The van der Waals surface area contributed by atoms with Crippen molar-refractivity contribution in [3.63, 3.8) is 0 Å². The van der Waals surface area contributed by atoms with Crippen LogP contribution in [0.2, 0.25) is 10.0 Å². The minimum absolute atomic E-state index is 0.248. The zero-order valence-electron chi connectivity index (χ0n) is 11.5. The Morgan fingerprint density at radius 2 is 2.00 bits per heavy atom. The molecule has 0 bridgehead atoms. The van der Waals surface area contributed by atoms with E-state index in [-0.39, 0.29) is 12.5 Å². The van der Waals surface area contributed by atoms with Gasteiger partial charge in [0.2, 0.25) is 5.88 Å². The van der Waals surface area contributed by atoms with Crippen molar-refractivity contribution < 1.29 is 9.84 Å². The molecule has 2 unspecified atom stereocenters. The largest absolute Gasteiger partial charge is 0.481 e. The standard InChI is InChI=1S/C15H16Cl2N2O2/c1-21-14-4-2-3-13(19-14)15(20)10(8-18)9-5-6-11(16)12(17)7-9/h2-7,10,15,20H,8,18H2,1H3. The van der Waals surface area contributed by atoms with Crippen LogP contribution in [0.25, 0.3) is 0 Å². The van der Waals surface area contributed by atoms with Gasteiger partial charge in [-0.15, -0.1) is 0 Å². The SMILES string of the molecule is COc1cccc(C(O)C(CN)c2ccc(Cl)c(Cl)c2)n1. The maximum atomic E-state index is 10.5. The van der Waals surface area contributed by atoms with Crippen LogP contribution in [0, 0.1) is 0 Å². The zero-order valence-corrected chi connectivity index (χ0v) is 13.0. The van der Waals surface area contributed by atoms with Gasteiger partial charge in [0.1, 0.15) is 6.10 Å². The topological polar surface area (TPSA) is 68.4 Å². The van der Waals surface area contributed by atoms with Gasteiger partial charge in [-0.3, -0.25) is 0 Å². The number of halogens is 2. The molecule has 0 saturated heterocycles. The Labute approximate surface area is 133 Å². The average Bonchev–Trinajstić information content (AvgIpc) is 2.51. The summed E-state index contributed by atoms with van der Waals surface area (Å²) in [6.07, 6.45) is -0.859. The summed E-state index contributed by atoms with van der Waals surface area (Å²) in [5.74, 6) is 0.107. The molecular formula is C15H16Cl2N2O2. The van der Waals surface area contributed by atoms with Gasteiger partial charge in [-0.2, -0.15) is 0 Å². The van der Waals surface area contributed by atoms with E-state index < -0.39 is 6.10 Å². The third kappa shape index (κ3) is 3.66. The summed E-state index contributed by atoms with van der Waals surface area (Å²) in [6, 6.07) is 10.4. The highest BCUT2D eigenvalue weighted by Crippen LogP contribution is 2.33. The molecule has 0 spiro atoms. The maximum absolute atomic E-state index is 10.5. The number of hydrogen-bond acceptors (Lipinski definition) is 4. The smallest absolute Gasteiger partial charge is 0.213 e. The molecule has 0 aliphatic carbocycles. The Morgan fingerprint density at radius 1 is 1.24 bits per heavy atom. The van der Waals surface area contributed by atoms with Crippen LogP contribution in [0.15, 0.2) is 36.4 Å². The van der Waals surface area contributed by atoms with Gasteiger partial charge in [0, 0.05) is 18.5 Å². The van der Waals surface area contributed by atoms with E-state index in [1.54, 1.807) is 36.4 Å². The van der Waals surface area contributed by atoms with Gasteiger partial charge in [0.15, 0.2) is 0 Å². The van der Waals surface area contributed by atoms with E-state index >= 15 is 0 Å². The van der Waals surface area contributed by atoms with E-state index in [0.717, 1.165) is 5.56 Å². The van der Waals surface area contributed by atoms with Crippen LogP contribution in [-0.4, -0.2) is 23.7 Å². The molecule has 2 atom stereocenters. The Kier molecular flexibility index (Phi) is 5.42. The van der Waals surface area contributed by atoms with Crippen molar-refractivity contribution >= 4 is 23.2 Å². The molecule has 2 rings (SSSR count). The molecule has 1 heterocycles. The van der Waals surface area contributed by atoms with Crippen molar-refractivity contribution in [1.29, 1.82) is 0 Å². The van der Waals surface area contributed by atoms with Gasteiger partial charge in [-0.1, -0.05) is 35.3 Å². The third-order valence-corrected chi connectivity index (χ3v) is 4.00. The highest BCUT2D eigenvalue weighted by Gasteiger charge is 2.23. The average molecular weight is 327 g/mol. The maximum Gasteiger partial charge on any atom is 0.213 e. The van der Waals surface area contributed by atoms with Crippen molar-refractivity contribution in [2.24, 2.45) is 5.73 Å². The first kappa shape index (κ1) is 16.0. The Hall–Kier alpha value is -1.33. The van der Waals surface area contributed by atoms with Gasteiger partial charge in [0.25, 0.3) is 0 Å². The first-order valence-corrected chi connectivity index (χ1v) is 7.16. The molecule has 0 saturated carbocycles. The molecule has 0 radical (unpaired) electrons. The molecule has 4 nitrogen and oxygen atoms in total. The van der Waals surface area contributed by atoms with Crippen LogP contribution in [0.3, 0.4) is 0 Å². The fourth-order valence-electron chi connectivity index (χ4n) is 2.11. The van der Waals surface area contributed by atoms with Crippen molar-refractivity contribution in [3.05, 3.63) is 57.7 Å². The first-order chi connectivity index (χ1) is 10.1. The lowest BCUT2D eigenvalue weighted by Gasteiger charge is -2.22. The van der Waals surface area contributed by atoms with Gasteiger partial charge < -0.3 is 15.6 Å². The molecule has 21 heavy (non-hydrogen) atoms. The quantitative estimate of drug-likeness (QED) is 0.885. The van der Waals surface area contributed by atoms with Crippen molar-refractivity contribution in [1.82, 2.24) is 4.98 Å². The summed E-state index contributed by atoms with van der Waals surface area (Å²) in [7, 11) is 1.53. The van der Waals surface area contributed by atoms with E-state index in [1.165, 1.54) is 7.11 Å². The Balaban J connectivity index is 2.32. The summed E-state index contributed by atoms with van der Waals surface area (Å²) in [6.45, 7) is 0.248. The van der Waals surface area contributed by atoms with Gasteiger partial charge >= 0.3 is 0 Å². The number of rotatable bonds is 5. The minimum atomic E-state index is -0.859. The van der Waals surface area contributed by atoms with Gasteiger partial charge in [0.05, 0.1) is 22.8 Å². The molecule has 1 aromatic carbocycles. The normalized spacial score (nSPS) is 13.8. The summed E-state index contributed by atoms with van der Waals surface area (Å²) >= 11 is 11.9. The van der Waals surface area contributed by atoms with Crippen LogP contribution in [0.5, 0.6) is 5.88 Å². The van der Waals surface area contributed by atoms with E-state index in [2.05, 4.69) is 4.98 Å². The first-order valence-electron chi connectivity index (χ1n) is 6.40. The summed E-state index contributed by atoms with van der Waals surface area (Å²) < 4.78 is 5.07. The second kappa shape index (κ2) is 7.09. The number of benzene rings is 1. The molecule has 3 N–H and O–H groups in total. The zero-order chi connectivity index (χ0) is 15.4. The van der Waals surface area contributed by atoms with Crippen molar-refractivity contribution in [2.45, 2.75) is 12.0 Å². The van der Waals surface area contributed by atoms with Gasteiger partial charge in [-0.05, 0) is 23.8 Å². The van der Waals surface area contributed by atoms with Crippen molar-refractivity contribution in [3.8, 4) is 5.88 Å². The fraction of sp³-hybridized carbons (Fsp3) is 0.267. The molecule has 1 aromatic heterocycles. The monoisotopic (exact) mass is 326 g/mol. The predicted molar refractivity (Wildman–Crippen MR) is 84.0 cm³/mol. The second-order valence-electron chi connectivity index (χ2n) is 4.57. The number of methoxy groups -OCH3 is 1. The van der Waals surface area contributed by atoms with Crippen molar-refractivity contribution in [2.75, 3.05) is 13.7 Å². The van der Waals surface area contributed by atoms with Crippen LogP contribution in [-0.2, 0) is 0 Å². The number of aromatic nitrogens is 1. The van der Waals surface area contributed by atoms with Gasteiger partial charge in [-0.25, -0.2) is 4.98 Å². The molecule has 112 valence electrons. The Morgan fingerprint density at radius 3 is 2.62 bits per heavy atom. The number of aliphatic hydroxyl groups is 1. The Bertz CT molecular complexity index is 622. The highest BCUT2D eigenvalue weighted by atomic mass is 35.5. The van der Waals surface area contributed by atoms with Crippen LogP contribution in [0.4, 0.5) is 0 Å². The lowest BCUT2D eigenvalue weighted by Crippen LogP contribution is -2.21. The third-order valence-electron chi connectivity index (χ3n) is 3.26. The summed E-state index contributed by atoms with van der Waals surface area (Å²) in [4.78, 5) is 4.24. The molecule has 0 fully saturated rings. The summed E-state index contributed by atoms with van der Waals surface area (Å²) in [5.41, 5.74) is 7.11. The molecule has 0 aliphatic rings. The van der Waals surface area contributed by atoms with E-state index in [0.29, 0.717) is 21.6 Å². The van der Waals surface area contributed by atoms with E-state index in [4.69, 9.17) is 33.7 Å². The van der Waals surface area contributed by atoms with E-state index in [1.807, 2.05) is 0 Å². The number of hydrogen-bond donors (Lipinski definition) is 2. The molecular weight excluding hydrogens is 311 g/mol. The molecule has 0 aliphatic heterocycles. The number of nitrogens with two attached hydrogens (primary N) is 1. The lowest BCUT2D eigenvalue weighted by molar-refractivity contribution is 0.142. The summed E-state index contributed by atoms with van der Waals surface area (Å²) in [5, 5.41) is 11.4.